The minimum absolute atomic E-state index is 0.194. The summed E-state index contributed by atoms with van der Waals surface area (Å²) in [6.45, 7) is 0. The molecule has 0 aromatic heterocycles. The van der Waals surface area contributed by atoms with Gasteiger partial charge in [0.05, 0.1) is 0 Å². The first-order valence-corrected chi connectivity index (χ1v) is 5.51. The van der Waals surface area contributed by atoms with Crippen LogP contribution in [0, 0.1) is 0 Å². The molecule has 0 radical (unpaired) electrons. The summed E-state index contributed by atoms with van der Waals surface area (Å²) in [5.41, 5.74) is 6.18. The van der Waals surface area contributed by atoms with Crippen LogP contribution in [0.15, 0.2) is 30.3 Å². The zero-order chi connectivity index (χ0) is 7.82. The molecule has 58 valence electrons. The summed E-state index contributed by atoms with van der Waals surface area (Å²) in [5, 5.41) is 0. The Bertz CT molecular complexity index is 157. The second-order valence-corrected chi connectivity index (χ2v) is 3.28. The van der Waals surface area contributed by atoms with Gasteiger partial charge in [-0.1, -0.05) is 18.2 Å². The first-order valence-electron chi connectivity index (χ1n) is 2.47. The van der Waals surface area contributed by atoms with E-state index in [-0.39, 0.29) is 13.1 Å². The standard InChI is InChI=1S/C6H7N.2ClH.Fe/c7-6-4-2-1-3-5-6;;;/h1-5H,7H2;2*1H;/q;;;+2/p-2. The Morgan fingerprint density at radius 1 is 1.10 bits per heavy atom. The molecule has 2 N–H and O–H groups in total. The Labute approximate surface area is 75.1 Å². The van der Waals surface area contributed by atoms with Crippen molar-refractivity contribution in [2.45, 2.75) is 0 Å². The van der Waals surface area contributed by atoms with Crippen molar-refractivity contribution in [1.29, 1.82) is 0 Å². The molecule has 0 bridgehead atoms. The van der Waals surface area contributed by atoms with Gasteiger partial charge in [-0.15, -0.1) is 0 Å². The van der Waals surface area contributed by atoms with Crippen LogP contribution in [0.1, 0.15) is 0 Å². The van der Waals surface area contributed by atoms with Gasteiger partial charge in [-0.05, 0) is 12.1 Å². The summed E-state index contributed by atoms with van der Waals surface area (Å²) in [6.07, 6.45) is 0. The predicted molar refractivity (Wildman–Crippen MR) is 42.6 cm³/mol. The van der Waals surface area contributed by atoms with Crippen molar-refractivity contribution < 1.29 is 13.1 Å². The van der Waals surface area contributed by atoms with Crippen LogP contribution in [-0.4, -0.2) is 0 Å². The summed E-state index contributed by atoms with van der Waals surface area (Å²) in [4.78, 5) is 0. The first-order chi connectivity index (χ1) is 4.81. The third kappa shape index (κ3) is 6.24. The zero-order valence-electron chi connectivity index (χ0n) is 5.07. The van der Waals surface area contributed by atoms with Crippen LogP contribution in [0.4, 0.5) is 5.69 Å². The van der Waals surface area contributed by atoms with Crippen molar-refractivity contribution >= 4 is 25.9 Å². The Hall–Kier alpha value is 0.119. The molecule has 1 aromatic rings. The molecule has 0 saturated carbocycles. The summed E-state index contributed by atoms with van der Waals surface area (Å²) in [5.74, 6) is 0. The third-order valence-corrected chi connectivity index (χ3v) is 0.800. The fourth-order valence-electron chi connectivity index (χ4n) is 0.453. The van der Waals surface area contributed by atoms with Gasteiger partial charge in [-0.2, -0.15) is 0 Å². The number of nitrogen functional groups attached to an aromatic ring is 1. The number of halogens is 2. The first kappa shape index (κ1) is 10.1. The van der Waals surface area contributed by atoms with Crippen molar-refractivity contribution in [3.63, 3.8) is 0 Å². The molecule has 0 amide bonds. The molecule has 0 saturated heterocycles. The second-order valence-electron chi connectivity index (χ2n) is 1.46. The molecule has 10 heavy (non-hydrogen) atoms. The summed E-state index contributed by atoms with van der Waals surface area (Å²) in [7, 11) is 9.53. The van der Waals surface area contributed by atoms with Crippen molar-refractivity contribution in [3.05, 3.63) is 30.3 Å². The third-order valence-electron chi connectivity index (χ3n) is 0.800. The van der Waals surface area contributed by atoms with Crippen LogP contribution in [0.5, 0.6) is 0 Å². The quantitative estimate of drug-likeness (QED) is 0.527. The maximum absolute atomic E-state index is 5.36. The van der Waals surface area contributed by atoms with Crippen LogP contribution < -0.4 is 5.73 Å². The predicted octanol–water partition coefficient (Wildman–Crippen LogP) is 2.65. The van der Waals surface area contributed by atoms with Crippen molar-refractivity contribution in [1.82, 2.24) is 0 Å². The van der Waals surface area contributed by atoms with Crippen molar-refractivity contribution in [2.75, 3.05) is 5.73 Å². The Kier molecular flexibility index (Phi) is 7.32. The van der Waals surface area contributed by atoms with Gasteiger partial charge in [-0.3, -0.25) is 0 Å². The molecule has 0 unspecified atom stereocenters. The Morgan fingerprint density at radius 2 is 1.50 bits per heavy atom. The van der Waals surface area contributed by atoms with Gasteiger partial charge in [0, 0.05) is 5.69 Å². The van der Waals surface area contributed by atoms with Gasteiger partial charge in [-0.25, -0.2) is 0 Å². The fraction of sp³-hybridized carbons (Fsp3) is 0. The van der Waals surface area contributed by atoms with E-state index in [4.69, 9.17) is 25.9 Å². The van der Waals surface area contributed by atoms with Crippen molar-refractivity contribution in [3.8, 4) is 0 Å². The topological polar surface area (TPSA) is 26.0 Å². The molecule has 4 heteroatoms. The molecule has 1 rings (SSSR count). The van der Waals surface area contributed by atoms with E-state index in [1.165, 1.54) is 0 Å². The Morgan fingerprint density at radius 3 is 1.70 bits per heavy atom. The number of rotatable bonds is 0. The van der Waals surface area contributed by atoms with Crippen LogP contribution in [0.3, 0.4) is 0 Å². The van der Waals surface area contributed by atoms with Gasteiger partial charge in [0.15, 0.2) is 0 Å². The van der Waals surface area contributed by atoms with E-state index in [0.29, 0.717) is 0 Å². The molecule has 0 heterocycles. The monoisotopic (exact) mass is 219 g/mol. The van der Waals surface area contributed by atoms with Gasteiger partial charge in [0.2, 0.25) is 0 Å². The van der Waals surface area contributed by atoms with Gasteiger partial charge >= 0.3 is 33.3 Å². The summed E-state index contributed by atoms with van der Waals surface area (Å²) in [6, 6.07) is 9.49. The SMILES string of the molecule is Nc1ccccc1.[Cl][Fe][Cl]. The fourth-order valence-corrected chi connectivity index (χ4v) is 0.453. The van der Waals surface area contributed by atoms with E-state index >= 15 is 0 Å². The Balaban J connectivity index is 0.000000236. The number of hydrogen-bond acceptors (Lipinski definition) is 1. The van der Waals surface area contributed by atoms with Crippen molar-refractivity contribution in [2.24, 2.45) is 0 Å². The summed E-state index contributed by atoms with van der Waals surface area (Å²) >= 11 is 0.194. The number of nitrogens with two attached hydrogens (primary N) is 1. The van der Waals surface area contributed by atoms with Crippen LogP contribution >= 0.6 is 20.2 Å². The average molecular weight is 220 g/mol. The molecule has 0 aliphatic heterocycles. The average Bonchev–Trinajstić information content (AvgIpc) is 1.91. The molecule has 0 aliphatic carbocycles. The molecular formula is C6H7Cl2FeN. The van der Waals surface area contributed by atoms with E-state index in [0.717, 1.165) is 5.69 Å². The van der Waals surface area contributed by atoms with Gasteiger partial charge in [0.25, 0.3) is 0 Å². The molecule has 0 aliphatic rings. The second kappa shape index (κ2) is 7.23. The number of hydrogen-bond donors (Lipinski definition) is 1. The maximum atomic E-state index is 5.36. The zero-order valence-corrected chi connectivity index (χ0v) is 7.69. The molecule has 0 atom stereocenters. The molecule has 1 nitrogen and oxygen atoms in total. The number of anilines is 1. The van der Waals surface area contributed by atoms with Crippen LogP contribution in [0.25, 0.3) is 0 Å². The van der Waals surface area contributed by atoms with E-state index in [1.54, 1.807) is 0 Å². The molecule has 0 spiro atoms. The van der Waals surface area contributed by atoms with Crippen LogP contribution in [-0.2, 0) is 13.1 Å². The minimum atomic E-state index is 0.194. The molecule has 0 fully saturated rings. The van der Waals surface area contributed by atoms with E-state index < -0.39 is 0 Å². The van der Waals surface area contributed by atoms with Crippen LogP contribution in [0.2, 0.25) is 0 Å². The van der Waals surface area contributed by atoms with Gasteiger partial charge < -0.3 is 5.73 Å². The summed E-state index contributed by atoms with van der Waals surface area (Å²) < 4.78 is 0. The normalized spacial score (nSPS) is 8.20. The van der Waals surface area contributed by atoms with E-state index in [1.807, 2.05) is 30.3 Å². The van der Waals surface area contributed by atoms with Gasteiger partial charge in [0.1, 0.15) is 0 Å². The number of benzene rings is 1. The van der Waals surface area contributed by atoms with E-state index in [2.05, 4.69) is 0 Å². The molecular weight excluding hydrogens is 213 g/mol. The number of para-hydroxylation sites is 1. The van der Waals surface area contributed by atoms with E-state index in [9.17, 15) is 0 Å². The molecule has 1 aromatic carbocycles.